The van der Waals surface area contributed by atoms with Gasteiger partial charge in [-0.3, -0.25) is 9.59 Å². The van der Waals surface area contributed by atoms with E-state index in [2.05, 4.69) is 112 Å². The molecule has 0 fully saturated rings. The summed E-state index contributed by atoms with van der Waals surface area (Å²) < 4.78 is 17.4. The molecule has 0 aromatic rings. The van der Waals surface area contributed by atoms with E-state index in [9.17, 15) is 9.59 Å². The molecule has 0 radical (unpaired) electrons. The van der Waals surface area contributed by atoms with Crippen molar-refractivity contribution in [1.82, 2.24) is 0 Å². The zero-order valence-corrected chi connectivity index (χ0v) is 44.8. The molecule has 0 aliphatic carbocycles. The lowest BCUT2D eigenvalue weighted by molar-refractivity contribution is -0.162. The Morgan fingerprint density at radius 1 is 0.338 bits per heavy atom. The van der Waals surface area contributed by atoms with Crippen LogP contribution in [0, 0.1) is 0 Å². The van der Waals surface area contributed by atoms with Crippen molar-refractivity contribution < 1.29 is 23.8 Å². The Balaban J connectivity index is 4.40. The molecular weight excluding hydrogens is 837 g/mol. The lowest BCUT2D eigenvalue weighted by Crippen LogP contribution is -2.30. The molecule has 0 saturated heterocycles. The predicted octanol–water partition coefficient (Wildman–Crippen LogP) is 19.8. The molecule has 0 bridgehead atoms. The lowest BCUT2D eigenvalue weighted by Gasteiger charge is -2.18. The van der Waals surface area contributed by atoms with Crippen molar-refractivity contribution in [2.45, 2.75) is 271 Å². The average molecular weight is 946 g/mol. The van der Waals surface area contributed by atoms with Crippen LogP contribution in [0.4, 0.5) is 0 Å². The summed E-state index contributed by atoms with van der Waals surface area (Å²) in [5.74, 6) is -0.498. The van der Waals surface area contributed by atoms with Crippen molar-refractivity contribution in [2.24, 2.45) is 0 Å². The van der Waals surface area contributed by atoms with Crippen LogP contribution < -0.4 is 0 Å². The van der Waals surface area contributed by atoms with E-state index in [1.54, 1.807) is 0 Å². The number of hydrogen-bond donors (Lipinski definition) is 0. The van der Waals surface area contributed by atoms with E-state index < -0.39 is 6.10 Å². The molecule has 0 heterocycles. The van der Waals surface area contributed by atoms with E-state index >= 15 is 0 Å². The number of ether oxygens (including phenoxy) is 3. The van der Waals surface area contributed by atoms with E-state index in [1.807, 2.05) is 6.08 Å². The fourth-order valence-electron chi connectivity index (χ4n) is 7.86. The van der Waals surface area contributed by atoms with Crippen molar-refractivity contribution in [3.05, 3.63) is 97.2 Å². The van der Waals surface area contributed by atoms with Gasteiger partial charge in [-0.15, -0.1) is 0 Å². The summed E-state index contributed by atoms with van der Waals surface area (Å²) in [4.78, 5) is 25.5. The molecule has 5 nitrogen and oxygen atoms in total. The summed E-state index contributed by atoms with van der Waals surface area (Å²) in [7, 11) is 0. The highest BCUT2D eigenvalue weighted by molar-refractivity contribution is 5.70. The molecule has 0 N–H and O–H groups in total. The number of rotatable bonds is 52. The van der Waals surface area contributed by atoms with Crippen molar-refractivity contribution in [1.29, 1.82) is 0 Å². The van der Waals surface area contributed by atoms with Crippen LogP contribution in [-0.2, 0) is 23.8 Å². The van der Waals surface area contributed by atoms with Gasteiger partial charge in [0.1, 0.15) is 6.61 Å². The third-order valence-corrected chi connectivity index (χ3v) is 12.1. The fraction of sp³-hybridized carbons (Fsp3) is 0.714. The van der Waals surface area contributed by atoms with Crippen LogP contribution in [0.1, 0.15) is 265 Å². The molecular formula is C63H108O5. The summed E-state index contributed by atoms with van der Waals surface area (Å²) in [6, 6.07) is 0. The van der Waals surface area contributed by atoms with Crippen molar-refractivity contribution in [2.75, 3.05) is 19.8 Å². The summed E-state index contributed by atoms with van der Waals surface area (Å²) >= 11 is 0. The van der Waals surface area contributed by atoms with Gasteiger partial charge in [0.15, 0.2) is 6.10 Å². The third kappa shape index (κ3) is 55.4. The quantitative estimate of drug-likeness (QED) is 0.0345. The number of hydrogen-bond acceptors (Lipinski definition) is 5. The standard InChI is InChI=1S/C63H108O5/c1-4-7-10-13-16-19-22-25-28-31-32-34-35-38-41-44-47-50-53-56-62(64)67-60-61(59-66-58-55-52-49-46-43-40-37-30-27-24-21-18-15-12-9-6-3)68-63(65)57-54-51-48-45-42-39-36-33-29-26-23-20-17-14-11-8-5-2/h7,10,16-17,19-20,25-26,28-29,32,34,38,41,47,50,61H,4-6,8-9,11-15,18,21-24,27,30-31,33,35-37,39-40,42-46,48-49,51-60H2,1-3H3/b10-7-,19-16-,20-17-,28-25-,29-26-,34-32-,41-38-,50-47-. The molecule has 0 aromatic heterocycles. The average Bonchev–Trinajstić information content (AvgIpc) is 3.34. The van der Waals surface area contributed by atoms with Crippen LogP contribution >= 0.6 is 0 Å². The smallest absolute Gasteiger partial charge is 0.306 e. The summed E-state index contributed by atoms with van der Waals surface area (Å²) in [6.45, 7) is 7.63. The maximum atomic E-state index is 12.9. The number of carbonyl (C=O) groups is 2. The van der Waals surface area contributed by atoms with Crippen molar-refractivity contribution in [3.8, 4) is 0 Å². The normalized spacial score (nSPS) is 12.9. The molecule has 1 unspecified atom stereocenters. The van der Waals surface area contributed by atoms with E-state index in [1.165, 1.54) is 148 Å². The molecule has 0 aromatic carbocycles. The Kier molecular flexibility index (Phi) is 55.4. The van der Waals surface area contributed by atoms with Gasteiger partial charge in [0.2, 0.25) is 0 Å². The molecule has 0 spiro atoms. The molecule has 68 heavy (non-hydrogen) atoms. The van der Waals surface area contributed by atoms with Crippen molar-refractivity contribution >= 4 is 11.9 Å². The first-order chi connectivity index (χ1) is 33.6. The van der Waals surface area contributed by atoms with Gasteiger partial charge in [-0.05, 0) is 89.9 Å². The highest BCUT2D eigenvalue weighted by Gasteiger charge is 2.17. The van der Waals surface area contributed by atoms with Crippen LogP contribution in [0.25, 0.3) is 0 Å². The van der Waals surface area contributed by atoms with Crippen LogP contribution in [0.15, 0.2) is 97.2 Å². The van der Waals surface area contributed by atoms with E-state index in [-0.39, 0.29) is 25.2 Å². The second kappa shape index (κ2) is 58.1. The number of unbranched alkanes of at least 4 members (excludes halogenated alkanes) is 25. The second-order valence-corrected chi connectivity index (χ2v) is 18.8. The van der Waals surface area contributed by atoms with Crippen LogP contribution in [0.5, 0.6) is 0 Å². The lowest BCUT2D eigenvalue weighted by atomic mass is 10.0. The first kappa shape index (κ1) is 64.8. The van der Waals surface area contributed by atoms with Crippen molar-refractivity contribution in [3.63, 3.8) is 0 Å². The van der Waals surface area contributed by atoms with E-state index in [0.717, 1.165) is 77.0 Å². The van der Waals surface area contributed by atoms with Gasteiger partial charge in [0.05, 0.1) is 6.61 Å². The maximum Gasteiger partial charge on any atom is 0.306 e. The maximum absolute atomic E-state index is 12.9. The van der Waals surface area contributed by atoms with E-state index in [0.29, 0.717) is 25.9 Å². The van der Waals surface area contributed by atoms with Crippen LogP contribution in [-0.4, -0.2) is 37.9 Å². The Morgan fingerprint density at radius 3 is 1.15 bits per heavy atom. The minimum Gasteiger partial charge on any atom is -0.462 e. The van der Waals surface area contributed by atoms with Gasteiger partial charge in [0, 0.05) is 19.4 Å². The largest absolute Gasteiger partial charge is 0.462 e. The molecule has 0 saturated carbocycles. The Bertz CT molecular complexity index is 1300. The number of allylic oxidation sites excluding steroid dienone is 16. The van der Waals surface area contributed by atoms with Gasteiger partial charge >= 0.3 is 11.9 Å². The fourth-order valence-corrected chi connectivity index (χ4v) is 7.86. The minimum absolute atomic E-state index is 0.0399. The zero-order chi connectivity index (χ0) is 49.2. The first-order valence-corrected chi connectivity index (χ1v) is 28.8. The second-order valence-electron chi connectivity index (χ2n) is 18.8. The Morgan fingerprint density at radius 2 is 0.691 bits per heavy atom. The summed E-state index contributed by atoms with van der Waals surface area (Å²) in [5.41, 5.74) is 0. The minimum atomic E-state index is -0.575. The van der Waals surface area contributed by atoms with Gasteiger partial charge in [-0.2, -0.15) is 0 Å². The topological polar surface area (TPSA) is 61.8 Å². The molecule has 0 aliphatic heterocycles. The highest BCUT2D eigenvalue weighted by atomic mass is 16.6. The van der Waals surface area contributed by atoms with Gasteiger partial charge in [-0.25, -0.2) is 0 Å². The Labute approximate surface area is 422 Å². The first-order valence-electron chi connectivity index (χ1n) is 28.8. The van der Waals surface area contributed by atoms with Crippen LogP contribution in [0.3, 0.4) is 0 Å². The summed E-state index contributed by atoms with van der Waals surface area (Å²) in [5, 5.41) is 0. The Hall–Kier alpha value is -3.18. The van der Waals surface area contributed by atoms with Gasteiger partial charge < -0.3 is 14.2 Å². The van der Waals surface area contributed by atoms with Crippen LogP contribution in [0.2, 0.25) is 0 Å². The zero-order valence-electron chi connectivity index (χ0n) is 44.8. The summed E-state index contributed by atoms with van der Waals surface area (Å²) in [6.07, 6.45) is 78.6. The highest BCUT2D eigenvalue weighted by Crippen LogP contribution is 2.15. The third-order valence-electron chi connectivity index (χ3n) is 12.1. The molecule has 1 atom stereocenters. The molecule has 390 valence electrons. The molecule has 0 amide bonds. The number of esters is 2. The van der Waals surface area contributed by atoms with Gasteiger partial charge in [-0.1, -0.05) is 259 Å². The van der Waals surface area contributed by atoms with Gasteiger partial charge in [0.25, 0.3) is 0 Å². The molecule has 5 heteroatoms. The monoisotopic (exact) mass is 945 g/mol. The predicted molar refractivity (Wildman–Crippen MR) is 297 cm³/mol. The number of carbonyl (C=O) groups excluding carboxylic acids is 2. The van der Waals surface area contributed by atoms with E-state index in [4.69, 9.17) is 14.2 Å². The molecule has 0 rings (SSSR count). The SMILES string of the molecule is CC/C=C\C/C=C\C/C=C\C/C=C\C/C=C\C/C=C\CCC(=O)OCC(COCCCCCCCCCCCCCCCCCC)OC(=O)CCCCCCCCC/C=C\C/C=C\CCCCC. The molecule has 0 aliphatic rings.